The van der Waals surface area contributed by atoms with Crippen LogP contribution >= 0.6 is 0 Å². The largest absolute Gasteiger partial charge is 0.379 e. The minimum Gasteiger partial charge on any atom is -0.379 e. The van der Waals surface area contributed by atoms with Crippen molar-refractivity contribution >= 4 is 11.6 Å². The molecule has 1 aromatic carbocycles. The first kappa shape index (κ1) is 16.7. The van der Waals surface area contributed by atoms with E-state index in [0.29, 0.717) is 12.1 Å². The lowest BCUT2D eigenvalue weighted by atomic mass is 10.1. The van der Waals surface area contributed by atoms with Gasteiger partial charge in [-0.05, 0) is 23.3 Å². The zero-order valence-electron chi connectivity index (χ0n) is 14.5. The normalized spacial score (nSPS) is 15.2. The lowest BCUT2D eigenvalue weighted by Gasteiger charge is -2.26. The van der Waals surface area contributed by atoms with Gasteiger partial charge >= 0.3 is 0 Å². The molecule has 3 aromatic rings. The number of benzene rings is 1. The van der Waals surface area contributed by atoms with Crippen molar-refractivity contribution in [1.82, 2.24) is 24.8 Å². The third kappa shape index (κ3) is 3.89. The van der Waals surface area contributed by atoms with E-state index in [1.165, 1.54) is 5.56 Å². The molecule has 1 saturated heterocycles. The predicted molar refractivity (Wildman–Crippen MR) is 96.7 cm³/mol. The molecule has 0 unspecified atom stereocenters. The van der Waals surface area contributed by atoms with Crippen LogP contribution < -0.4 is 5.32 Å². The van der Waals surface area contributed by atoms with Crippen LogP contribution in [0.25, 0.3) is 5.65 Å². The monoisotopic (exact) mass is 351 g/mol. The van der Waals surface area contributed by atoms with Gasteiger partial charge in [0.1, 0.15) is 6.33 Å². The number of nitrogens with zero attached hydrogens (tertiary/aromatic N) is 4. The third-order valence-corrected chi connectivity index (χ3v) is 4.54. The second-order valence-electron chi connectivity index (χ2n) is 6.40. The number of pyridine rings is 1. The first-order chi connectivity index (χ1) is 12.8. The Morgan fingerprint density at radius 3 is 2.65 bits per heavy atom. The number of morpholine rings is 1. The van der Waals surface area contributed by atoms with Gasteiger partial charge in [-0.3, -0.25) is 14.1 Å². The maximum absolute atomic E-state index is 12.3. The highest BCUT2D eigenvalue weighted by molar-refractivity contribution is 5.94. The third-order valence-electron chi connectivity index (χ3n) is 4.54. The molecule has 3 heterocycles. The number of hydrogen-bond donors (Lipinski definition) is 1. The summed E-state index contributed by atoms with van der Waals surface area (Å²) < 4.78 is 7.11. The standard InChI is InChI=1S/C19H21N5O2/c25-19(17-5-6-18-22-21-14-24(18)13-17)20-11-15-1-3-16(4-2-15)12-23-7-9-26-10-8-23/h1-6,13-14H,7-12H2,(H,20,25). The molecule has 134 valence electrons. The van der Waals surface area contributed by atoms with Crippen LogP contribution in [-0.2, 0) is 17.8 Å². The van der Waals surface area contributed by atoms with Crippen molar-refractivity contribution in [3.8, 4) is 0 Å². The number of carbonyl (C=O) groups is 1. The second kappa shape index (κ2) is 7.63. The van der Waals surface area contributed by atoms with Gasteiger partial charge < -0.3 is 10.1 Å². The highest BCUT2D eigenvalue weighted by Crippen LogP contribution is 2.10. The van der Waals surface area contributed by atoms with Crippen LogP contribution in [0.1, 0.15) is 21.5 Å². The molecule has 7 nitrogen and oxygen atoms in total. The summed E-state index contributed by atoms with van der Waals surface area (Å²) in [5, 5.41) is 10.7. The molecule has 1 aliphatic rings. The fourth-order valence-electron chi connectivity index (χ4n) is 3.03. The molecule has 1 amide bonds. The number of nitrogens with one attached hydrogen (secondary N) is 1. The molecule has 0 radical (unpaired) electrons. The Kier molecular flexibility index (Phi) is 4.90. The summed E-state index contributed by atoms with van der Waals surface area (Å²) in [5.41, 5.74) is 3.66. The zero-order valence-corrected chi connectivity index (χ0v) is 14.5. The van der Waals surface area contributed by atoms with Crippen LogP contribution in [-0.4, -0.2) is 51.7 Å². The molecule has 0 saturated carbocycles. The number of fused-ring (bicyclic) bond motifs is 1. The highest BCUT2D eigenvalue weighted by atomic mass is 16.5. The molecule has 7 heteroatoms. The Morgan fingerprint density at radius 1 is 1.08 bits per heavy atom. The van der Waals surface area contributed by atoms with E-state index in [1.807, 2.05) is 0 Å². The SMILES string of the molecule is O=C(NCc1ccc(CN2CCOCC2)cc1)c1ccc2nncn2c1. The fourth-order valence-corrected chi connectivity index (χ4v) is 3.03. The molecular formula is C19H21N5O2. The van der Waals surface area contributed by atoms with E-state index in [1.54, 1.807) is 29.1 Å². The first-order valence-electron chi connectivity index (χ1n) is 8.73. The van der Waals surface area contributed by atoms with Gasteiger partial charge in [-0.25, -0.2) is 0 Å². The second-order valence-corrected chi connectivity index (χ2v) is 6.40. The predicted octanol–water partition coefficient (Wildman–Crippen LogP) is 1.49. The lowest BCUT2D eigenvalue weighted by Crippen LogP contribution is -2.35. The molecule has 4 rings (SSSR count). The van der Waals surface area contributed by atoms with Crippen molar-refractivity contribution < 1.29 is 9.53 Å². The van der Waals surface area contributed by atoms with E-state index < -0.39 is 0 Å². The van der Waals surface area contributed by atoms with Crippen molar-refractivity contribution in [2.75, 3.05) is 26.3 Å². The van der Waals surface area contributed by atoms with Gasteiger partial charge in [-0.1, -0.05) is 24.3 Å². The minimum absolute atomic E-state index is 0.113. The van der Waals surface area contributed by atoms with Crippen molar-refractivity contribution in [2.24, 2.45) is 0 Å². The summed E-state index contributed by atoms with van der Waals surface area (Å²) >= 11 is 0. The van der Waals surface area contributed by atoms with E-state index >= 15 is 0 Å². The fraction of sp³-hybridized carbons (Fsp3) is 0.316. The number of amides is 1. The Balaban J connectivity index is 1.32. The van der Waals surface area contributed by atoms with Crippen molar-refractivity contribution in [3.63, 3.8) is 0 Å². The number of rotatable bonds is 5. The van der Waals surface area contributed by atoms with E-state index in [2.05, 4.69) is 44.7 Å². The molecular weight excluding hydrogens is 330 g/mol. The van der Waals surface area contributed by atoms with Crippen LogP contribution in [0.2, 0.25) is 0 Å². The number of hydrogen-bond acceptors (Lipinski definition) is 5. The molecule has 1 N–H and O–H groups in total. The highest BCUT2D eigenvalue weighted by Gasteiger charge is 2.11. The molecule has 0 atom stereocenters. The minimum atomic E-state index is -0.113. The van der Waals surface area contributed by atoms with Crippen LogP contribution in [0, 0.1) is 0 Å². The molecule has 0 spiro atoms. The number of carbonyl (C=O) groups excluding carboxylic acids is 1. The van der Waals surface area contributed by atoms with Crippen molar-refractivity contribution in [1.29, 1.82) is 0 Å². The first-order valence-corrected chi connectivity index (χ1v) is 8.73. The average molecular weight is 351 g/mol. The molecule has 1 fully saturated rings. The van der Waals surface area contributed by atoms with E-state index in [-0.39, 0.29) is 5.91 Å². The summed E-state index contributed by atoms with van der Waals surface area (Å²) in [6.45, 7) is 5.02. The quantitative estimate of drug-likeness (QED) is 0.754. The molecule has 1 aliphatic heterocycles. The van der Waals surface area contributed by atoms with Gasteiger partial charge in [0, 0.05) is 32.4 Å². The van der Waals surface area contributed by atoms with Gasteiger partial charge in [-0.2, -0.15) is 0 Å². The smallest absolute Gasteiger partial charge is 0.253 e. The summed E-state index contributed by atoms with van der Waals surface area (Å²) in [6.07, 6.45) is 3.31. The molecule has 0 bridgehead atoms. The van der Waals surface area contributed by atoms with Gasteiger partial charge in [-0.15, -0.1) is 10.2 Å². The summed E-state index contributed by atoms with van der Waals surface area (Å²) in [5.74, 6) is -0.113. The van der Waals surface area contributed by atoms with Gasteiger partial charge in [0.05, 0.1) is 18.8 Å². The maximum Gasteiger partial charge on any atom is 0.253 e. The Labute approximate surface area is 151 Å². The number of aromatic nitrogens is 3. The average Bonchev–Trinajstić information content (AvgIpc) is 3.16. The number of ether oxygens (including phenoxy) is 1. The van der Waals surface area contributed by atoms with E-state index in [4.69, 9.17) is 4.74 Å². The summed E-state index contributed by atoms with van der Waals surface area (Å²) in [7, 11) is 0. The molecule has 2 aromatic heterocycles. The Bertz CT molecular complexity index is 884. The van der Waals surface area contributed by atoms with Gasteiger partial charge in [0.15, 0.2) is 5.65 Å². The maximum atomic E-state index is 12.3. The van der Waals surface area contributed by atoms with Crippen LogP contribution in [0.5, 0.6) is 0 Å². The molecule has 0 aliphatic carbocycles. The van der Waals surface area contributed by atoms with Gasteiger partial charge in [0.2, 0.25) is 0 Å². The zero-order chi connectivity index (χ0) is 17.8. The Hall–Kier alpha value is -2.77. The van der Waals surface area contributed by atoms with Gasteiger partial charge in [0.25, 0.3) is 5.91 Å². The van der Waals surface area contributed by atoms with Crippen LogP contribution in [0.4, 0.5) is 0 Å². The lowest BCUT2D eigenvalue weighted by molar-refractivity contribution is 0.0342. The van der Waals surface area contributed by atoms with Crippen molar-refractivity contribution in [3.05, 3.63) is 65.6 Å². The topological polar surface area (TPSA) is 71.8 Å². The van der Waals surface area contributed by atoms with Crippen molar-refractivity contribution in [2.45, 2.75) is 13.1 Å². The summed E-state index contributed by atoms with van der Waals surface area (Å²) in [6, 6.07) is 11.9. The Morgan fingerprint density at radius 2 is 1.85 bits per heavy atom. The van der Waals surface area contributed by atoms with E-state index in [0.717, 1.165) is 44.1 Å². The molecule has 26 heavy (non-hydrogen) atoms. The van der Waals surface area contributed by atoms with Crippen LogP contribution in [0.15, 0.2) is 48.9 Å². The summed E-state index contributed by atoms with van der Waals surface area (Å²) in [4.78, 5) is 14.7. The van der Waals surface area contributed by atoms with Crippen LogP contribution in [0.3, 0.4) is 0 Å². The van der Waals surface area contributed by atoms with E-state index in [9.17, 15) is 4.79 Å².